The fraction of sp³-hybridized carbons (Fsp3) is 0.280. The lowest BCUT2D eigenvalue weighted by Crippen LogP contribution is -2.52. The number of carbonyl (C=O) groups excluding carboxylic acids is 2. The van der Waals surface area contributed by atoms with Gasteiger partial charge in [0.05, 0.1) is 17.1 Å². The Balaban J connectivity index is 1.62. The van der Waals surface area contributed by atoms with Crippen LogP contribution in [0.1, 0.15) is 40.4 Å². The van der Waals surface area contributed by atoms with Crippen molar-refractivity contribution in [3.05, 3.63) is 93.9 Å². The third-order valence-electron chi connectivity index (χ3n) is 7.42. The highest BCUT2D eigenvalue weighted by atomic mass is 16.6. The van der Waals surface area contributed by atoms with Gasteiger partial charge in [0.1, 0.15) is 5.54 Å². The van der Waals surface area contributed by atoms with Crippen LogP contribution in [-0.2, 0) is 10.3 Å². The summed E-state index contributed by atoms with van der Waals surface area (Å²) in [6.07, 6.45) is 3.13. The average Bonchev–Trinajstić information content (AvgIpc) is 3.59. The molecule has 2 saturated heterocycles. The molecule has 0 bridgehead atoms. The second-order valence-corrected chi connectivity index (χ2v) is 8.87. The molecular formula is C25H21N3O5. The first kappa shape index (κ1) is 19.9. The number of Topliss-reactive ketones (excluding diaryl/α,β-unsaturated/α-hetero) is 1. The summed E-state index contributed by atoms with van der Waals surface area (Å²) in [5.74, 6) is -1.50. The van der Waals surface area contributed by atoms with Crippen LogP contribution in [0.4, 0.5) is 11.4 Å². The molecule has 1 amide bonds. The number of amides is 1. The average molecular weight is 443 g/mol. The SMILES string of the molecule is O=C(c1ccco1)C1C(c2cccc([N+](=O)[O-])c2)C2CCCN2C12C(=O)Nc1ccccc12. The summed E-state index contributed by atoms with van der Waals surface area (Å²) in [6.45, 7) is 0.666. The van der Waals surface area contributed by atoms with Crippen molar-refractivity contribution < 1.29 is 18.9 Å². The van der Waals surface area contributed by atoms with Gasteiger partial charge in [-0.2, -0.15) is 0 Å². The van der Waals surface area contributed by atoms with Crippen LogP contribution in [0.15, 0.2) is 71.3 Å². The van der Waals surface area contributed by atoms with Crippen molar-refractivity contribution in [1.82, 2.24) is 4.90 Å². The third-order valence-corrected chi connectivity index (χ3v) is 7.42. The van der Waals surface area contributed by atoms with E-state index in [1.54, 1.807) is 24.3 Å². The number of rotatable bonds is 4. The van der Waals surface area contributed by atoms with Gasteiger partial charge in [0.2, 0.25) is 11.7 Å². The van der Waals surface area contributed by atoms with Crippen molar-refractivity contribution >= 4 is 23.1 Å². The first-order chi connectivity index (χ1) is 16.0. The molecule has 33 heavy (non-hydrogen) atoms. The molecule has 0 saturated carbocycles. The van der Waals surface area contributed by atoms with Crippen LogP contribution in [0.5, 0.6) is 0 Å². The fourth-order valence-electron chi connectivity index (χ4n) is 6.31. The van der Waals surface area contributed by atoms with Crippen LogP contribution in [-0.4, -0.2) is 34.1 Å². The quantitative estimate of drug-likeness (QED) is 0.370. The van der Waals surface area contributed by atoms with Crippen LogP contribution >= 0.6 is 0 Å². The van der Waals surface area contributed by atoms with Gasteiger partial charge in [-0.25, -0.2) is 0 Å². The van der Waals surface area contributed by atoms with Crippen molar-refractivity contribution in [2.75, 3.05) is 11.9 Å². The number of hydrogen-bond donors (Lipinski definition) is 1. The molecule has 8 heteroatoms. The fourth-order valence-corrected chi connectivity index (χ4v) is 6.31. The minimum Gasteiger partial charge on any atom is -0.461 e. The second kappa shape index (κ2) is 7.11. The van der Waals surface area contributed by atoms with Crippen LogP contribution in [0, 0.1) is 16.0 Å². The lowest BCUT2D eigenvalue weighted by molar-refractivity contribution is -0.384. The highest BCUT2D eigenvalue weighted by Gasteiger charge is 2.69. The van der Waals surface area contributed by atoms with E-state index in [4.69, 9.17) is 4.42 Å². The second-order valence-electron chi connectivity index (χ2n) is 8.87. The Hall–Kier alpha value is -3.78. The number of benzene rings is 2. The molecular weight excluding hydrogens is 422 g/mol. The van der Waals surface area contributed by atoms with Crippen molar-refractivity contribution in [2.45, 2.75) is 30.3 Å². The van der Waals surface area contributed by atoms with Crippen molar-refractivity contribution in [1.29, 1.82) is 0 Å². The Morgan fingerprint density at radius 3 is 2.79 bits per heavy atom. The predicted molar refractivity (Wildman–Crippen MR) is 119 cm³/mol. The van der Waals surface area contributed by atoms with Gasteiger partial charge in [-0.15, -0.1) is 0 Å². The van der Waals surface area contributed by atoms with Gasteiger partial charge in [-0.3, -0.25) is 24.6 Å². The Morgan fingerprint density at radius 1 is 1.15 bits per heavy atom. The number of furan rings is 1. The maximum Gasteiger partial charge on any atom is 0.269 e. The van der Waals surface area contributed by atoms with Crippen LogP contribution in [0.25, 0.3) is 0 Å². The van der Waals surface area contributed by atoms with E-state index in [9.17, 15) is 19.7 Å². The summed E-state index contributed by atoms with van der Waals surface area (Å²) in [6, 6.07) is 17.1. The van der Waals surface area contributed by atoms with Gasteiger partial charge in [0, 0.05) is 35.3 Å². The number of fused-ring (bicyclic) bond motifs is 4. The number of para-hydroxylation sites is 1. The first-order valence-corrected chi connectivity index (χ1v) is 11.0. The molecule has 1 spiro atoms. The molecule has 0 radical (unpaired) electrons. The Morgan fingerprint density at radius 2 is 2.00 bits per heavy atom. The topological polar surface area (TPSA) is 106 Å². The lowest BCUT2D eigenvalue weighted by atomic mass is 9.69. The molecule has 4 heterocycles. The van der Waals surface area contributed by atoms with Gasteiger partial charge in [0.25, 0.3) is 5.69 Å². The number of nitro benzene ring substituents is 1. The van der Waals surface area contributed by atoms with Gasteiger partial charge >= 0.3 is 0 Å². The monoisotopic (exact) mass is 443 g/mol. The molecule has 6 rings (SSSR count). The Bertz CT molecular complexity index is 1290. The van der Waals surface area contributed by atoms with Crippen LogP contribution in [0.3, 0.4) is 0 Å². The van der Waals surface area contributed by atoms with Gasteiger partial charge in [-0.1, -0.05) is 30.3 Å². The number of non-ortho nitro benzene ring substituents is 1. The molecule has 1 aromatic heterocycles. The van der Waals surface area contributed by atoms with Crippen LogP contribution in [0.2, 0.25) is 0 Å². The molecule has 1 N–H and O–H groups in total. The summed E-state index contributed by atoms with van der Waals surface area (Å²) in [7, 11) is 0. The predicted octanol–water partition coefficient (Wildman–Crippen LogP) is 4.10. The Kier molecular flexibility index (Phi) is 4.28. The number of carbonyl (C=O) groups is 2. The zero-order chi connectivity index (χ0) is 22.7. The lowest BCUT2D eigenvalue weighted by Gasteiger charge is -2.36. The highest BCUT2D eigenvalue weighted by Crippen LogP contribution is 2.61. The highest BCUT2D eigenvalue weighted by molar-refractivity contribution is 6.11. The van der Waals surface area contributed by atoms with E-state index in [2.05, 4.69) is 10.2 Å². The summed E-state index contributed by atoms with van der Waals surface area (Å²) in [5.41, 5.74) is 0.944. The number of nitrogens with zero attached hydrogens (tertiary/aromatic N) is 2. The van der Waals surface area contributed by atoms with E-state index in [0.29, 0.717) is 17.8 Å². The third kappa shape index (κ3) is 2.61. The van der Waals surface area contributed by atoms with Gasteiger partial charge in [0.15, 0.2) is 5.76 Å². The maximum atomic E-state index is 14.0. The molecule has 166 valence electrons. The van der Waals surface area contributed by atoms with Crippen molar-refractivity contribution in [3.63, 3.8) is 0 Å². The van der Waals surface area contributed by atoms with E-state index in [1.165, 1.54) is 12.3 Å². The largest absolute Gasteiger partial charge is 0.461 e. The summed E-state index contributed by atoms with van der Waals surface area (Å²) >= 11 is 0. The summed E-state index contributed by atoms with van der Waals surface area (Å²) in [4.78, 5) is 41.1. The minimum absolute atomic E-state index is 0.0292. The number of nitrogens with one attached hydrogen (secondary N) is 1. The molecule has 8 nitrogen and oxygen atoms in total. The number of hydrogen-bond acceptors (Lipinski definition) is 6. The van der Waals surface area contributed by atoms with Crippen molar-refractivity contribution in [2.24, 2.45) is 5.92 Å². The van der Waals surface area contributed by atoms with Crippen LogP contribution < -0.4 is 5.32 Å². The van der Waals surface area contributed by atoms with E-state index in [-0.39, 0.29) is 29.2 Å². The first-order valence-electron chi connectivity index (χ1n) is 11.0. The smallest absolute Gasteiger partial charge is 0.269 e. The van der Waals surface area contributed by atoms with E-state index in [1.807, 2.05) is 30.3 Å². The van der Waals surface area contributed by atoms with E-state index >= 15 is 0 Å². The van der Waals surface area contributed by atoms with Crippen molar-refractivity contribution in [3.8, 4) is 0 Å². The molecule has 3 aliphatic heterocycles. The van der Waals surface area contributed by atoms with Gasteiger partial charge < -0.3 is 9.73 Å². The zero-order valence-electron chi connectivity index (χ0n) is 17.6. The molecule has 3 aromatic rings. The minimum atomic E-state index is -1.20. The number of nitro groups is 1. The van der Waals surface area contributed by atoms with E-state index < -0.39 is 22.3 Å². The maximum absolute atomic E-state index is 14.0. The molecule has 4 unspecified atom stereocenters. The zero-order valence-corrected chi connectivity index (χ0v) is 17.6. The van der Waals surface area contributed by atoms with E-state index in [0.717, 1.165) is 18.4 Å². The molecule has 3 aliphatic rings. The standard InChI is InChI=1S/C25H21N3O5/c29-23(20-11-5-13-33-20)22-21(15-6-3-7-16(14-15)28(31)32)19-10-4-12-27(19)25(22)17-8-1-2-9-18(17)26-24(25)30/h1-3,5-9,11,13-14,19,21-22H,4,10,12H2,(H,26,30). The molecule has 0 aliphatic carbocycles. The van der Waals surface area contributed by atoms with Gasteiger partial charge in [-0.05, 0) is 43.1 Å². The number of anilines is 1. The Labute approximate surface area is 189 Å². The molecule has 2 aromatic carbocycles. The molecule has 2 fully saturated rings. The number of ketones is 1. The normalized spacial score (nSPS) is 28.0. The summed E-state index contributed by atoms with van der Waals surface area (Å²) in [5, 5.41) is 14.5. The molecule has 4 atom stereocenters. The summed E-state index contributed by atoms with van der Waals surface area (Å²) < 4.78 is 5.49.